The molecule has 7 nitrogen and oxygen atoms in total. The van der Waals surface area contributed by atoms with Gasteiger partial charge in [0.1, 0.15) is 11.8 Å². The number of nitrogens with zero attached hydrogens (tertiary/aromatic N) is 2. The zero-order valence-corrected chi connectivity index (χ0v) is 15.8. The summed E-state index contributed by atoms with van der Waals surface area (Å²) in [6, 6.07) is 6.57. The van der Waals surface area contributed by atoms with E-state index in [2.05, 4.69) is 10.2 Å². The molecule has 2 aliphatic heterocycles. The Morgan fingerprint density at radius 2 is 2.00 bits per heavy atom. The van der Waals surface area contributed by atoms with Gasteiger partial charge in [0.05, 0.1) is 26.2 Å². The molecule has 2 aliphatic rings. The Bertz CT molecular complexity index is 619. The molecule has 0 bridgehead atoms. The highest BCUT2D eigenvalue weighted by Crippen LogP contribution is 2.24. The van der Waals surface area contributed by atoms with Crippen LogP contribution in [0.15, 0.2) is 24.3 Å². The standard InChI is InChI=1S/C18H25N3O4S/c1-24-15-4-2-14(3-5-15)18(23)21-13-26-12-16(21)17(22)19-6-7-20-8-10-25-11-9-20/h2-5,16H,6-13H2,1H3,(H,19,22). The summed E-state index contributed by atoms with van der Waals surface area (Å²) in [5, 5.41) is 2.98. The van der Waals surface area contributed by atoms with Gasteiger partial charge in [-0.05, 0) is 24.3 Å². The maximum atomic E-state index is 12.8. The molecule has 8 heteroatoms. The largest absolute Gasteiger partial charge is 0.497 e. The number of ether oxygens (including phenoxy) is 2. The molecule has 0 aromatic heterocycles. The summed E-state index contributed by atoms with van der Waals surface area (Å²) in [6.45, 7) is 4.69. The monoisotopic (exact) mass is 379 g/mol. The molecule has 1 N–H and O–H groups in total. The molecule has 2 amide bonds. The van der Waals surface area contributed by atoms with Crippen molar-refractivity contribution in [2.24, 2.45) is 0 Å². The minimum Gasteiger partial charge on any atom is -0.497 e. The molecular formula is C18H25N3O4S. The first-order chi connectivity index (χ1) is 12.7. The van der Waals surface area contributed by atoms with Gasteiger partial charge in [-0.25, -0.2) is 0 Å². The molecular weight excluding hydrogens is 354 g/mol. The summed E-state index contributed by atoms with van der Waals surface area (Å²) in [7, 11) is 1.59. The molecule has 0 radical (unpaired) electrons. The number of carbonyl (C=O) groups is 2. The Labute approximate surface area is 158 Å². The van der Waals surface area contributed by atoms with E-state index in [0.717, 1.165) is 32.8 Å². The van der Waals surface area contributed by atoms with Gasteiger partial charge in [0.15, 0.2) is 0 Å². The molecule has 2 fully saturated rings. The van der Waals surface area contributed by atoms with Gasteiger partial charge in [0, 0.05) is 37.5 Å². The van der Waals surface area contributed by atoms with E-state index in [4.69, 9.17) is 9.47 Å². The second-order valence-corrected chi connectivity index (χ2v) is 7.26. The zero-order valence-electron chi connectivity index (χ0n) is 15.0. The van der Waals surface area contributed by atoms with Crippen molar-refractivity contribution in [3.8, 4) is 5.75 Å². The number of methoxy groups -OCH3 is 1. The summed E-state index contributed by atoms with van der Waals surface area (Å²) in [5.74, 6) is 1.67. The number of hydrogen-bond acceptors (Lipinski definition) is 6. The Balaban J connectivity index is 1.52. The number of nitrogens with one attached hydrogen (secondary N) is 1. The molecule has 26 heavy (non-hydrogen) atoms. The fourth-order valence-corrected chi connectivity index (χ4v) is 4.19. The van der Waals surface area contributed by atoms with E-state index in [1.54, 1.807) is 48.0 Å². The average Bonchev–Trinajstić information content (AvgIpc) is 3.18. The SMILES string of the molecule is COc1ccc(C(=O)N2CSCC2C(=O)NCCN2CCOCC2)cc1. The van der Waals surface area contributed by atoms with Crippen LogP contribution in [0.2, 0.25) is 0 Å². The van der Waals surface area contributed by atoms with Crippen molar-refractivity contribution in [1.29, 1.82) is 0 Å². The Hall–Kier alpha value is -1.77. The molecule has 1 aromatic carbocycles. The van der Waals surface area contributed by atoms with Crippen molar-refractivity contribution >= 4 is 23.6 Å². The molecule has 1 atom stereocenters. The number of benzene rings is 1. The maximum absolute atomic E-state index is 12.8. The third kappa shape index (κ3) is 4.69. The van der Waals surface area contributed by atoms with E-state index < -0.39 is 6.04 Å². The minimum absolute atomic E-state index is 0.0786. The third-order valence-electron chi connectivity index (χ3n) is 4.61. The molecule has 1 unspecified atom stereocenters. The molecule has 0 aliphatic carbocycles. The van der Waals surface area contributed by atoms with Crippen LogP contribution >= 0.6 is 11.8 Å². The smallest absolute Gasteiger partial charge is 0.255 e. The van der Waals surface area contributed by atoms with Gasteiger partial charge in [0.2, 0.25) is 5.91 Å². The Kier molecular flexibility index (Phi) is 6.76. The van der Waals surface area contributed by atoms with Crippen molar-refractivity contribution in [3.05, 3.63) is 29.8 Å². The fraction of sp³-hybridized carbons (Fsp3) is 0.556. The average molecular weight is 379 g/mol. The van der Waals surface area contributed by atoms with Crippen LogP contribution in [-0.4, -0.2) is 85.8 Å². The summed E-state index contributed by atoms with van der Waals surface area (Å²) < 4.78 is 10.4. The van der Waals surface area contributed by atoms with Crippen molar-refractivity contribution in [1.82, 2.24) is 15.1 Å². The normalized spacial score (nSPS) is 20.8. The van der Waals surface area contributed by atoms with Gasteiger partial charge in [-0.2, -0.15) is 0 Å². The molecule has 1 aromatic rings. The molecule has 3 rings (SSSR count). The highest BCUT2D eigenvalue weighted by molar-refractivity contribution is 7.99. The predicted molar refractivity (Wildman–Crippen MR) is 101 cm³/mol. The highest BCUT2D eigenvalue weighted by Gasteiger charge is 2.35. The van der Waals surface area contributed by atoms with Gasteiger partial charge < -0.3 is 19.7 Å². The lowest BCUT2D eigenvalue weighted by atomic mass is 10.1. The quantitative estimate of drug-likeness (QED) is 0.783. The van der Waals surface area contributed by atoms with E-state index in [1.165, 1.54) is 0 Å². The lowest BCUT2D eigenvalue weighted by Gasteiger charge is -2.27. The first-order valence-corrected chi connectivity index (χ1v) is 9.95. The molecule has 2 heterocycles. The number of thioether (sulfide) groups is 1. The molecule has 142 valence electrons. The lowest BCUT2D eigenvalue weighted by Crippen LogP contribution is -2.49. The van der Waals surface area contributed by atoms with Crippen LogP contribution < -0.4 is 10.1 Å². The minimum atomic E-state index is -0.417. The van der Waals surface area contributed by atoms with E-state index >= 15 is 0 Å². The second-order valence-electron chi connectivity index (χ2n) is 6.26. The van der Waals surface area contributed by atoms with Gasteiger partial charge in [-0.15, -0.1) is 11.8 Å². The van der Waals surface area contributed by atoms with E-state index in [1.807, 2.05) is 0 Å². The molecule has 0 spiro atoms. The predicted octanol–water partition coefficient (Wildman–Crippen LogP) is 0.659. The van der Waals surface area contributed by atoms with Gasteiger partial charge >= 0.3 is 0 Å². The van der Waals surface area contributed by atoms with E-state index in [9.17, 15) is 9.59 Å². The summed E-state index contributed by atoms with van der Waals surface area (Å²) in [6.07, 6.45) is 0. The van der Waals surface area contributed by atoms with Crippen molar-refractivity contribution in [2.45, 2.75) is 6.04 Å². The summed E-state index contributed by atoms with van der Waals surface area (Å²) >= 11 is 1.60. The summed E-state index contributed by atoms with van der Waals surface area (Å²) in [4.78, 5) is 29.2. The Morgan fingerprint density at radius 3 is 2.69 bits per heavy atom. The zero-order chi connectivity index (χ0) is 18.4. The van der Waals surface area contributed by atoms with Crippen LogP contribution in [-0.2, 0) is 9.53 Å². The topological polar surface area (TPSA) is 71.1 Å². The number of rotatable bonds is 6. The fourth-order valence-electron chi connectivity index (χ4n) is 3.04. The molecule has 0 saturated carbocycles. The van der Waals surface area contributed by atoms with Crippen LogP contribution in [0.3, 0.4) is 0 Å². The van der Waals surface area contributed by atoms with E-state index in [-0.39, 0.29) is 11.8 Å². The van der Waals surface area contributed by atoms with Crippen LogP contribution in [0.4, 0.5) is 0 Å². The van der Waals surface area contributed by atoms with Crippen molar-refractivity contribution < 1.29 is 19.1 Å². The summed E-state index contributed by atoms with van der Waals surface area (Å²) in [5.41, 5.74) is 0.569. The van der Waals surface area contributed by atoms with Gasteiger partial charge in [-0.1, -0.05) is 0 Å². The Morgan fingerprint density at radius 1 is 1.27 bits per heavy atom. The van der Waals surface area contributed by atoms with E-state index in [0.29, 0.717) is 29.5 Å². The number of amides is 2. The van der Waals surface area contributed by atoms with Crippen LogP contribution in [0, 0.1) is 0 Å². The number of carbonyl (C=O) groups excluding carboxylic acids is 2. The highest BCUT2D eigenvalue weighted by atomic mass is 32.2. The third-order valence-corrected chi connectivity index (χ3v) is 5.63. The van der Waals surface area contributed by atoms with Crippen molar-refractivity contribution in [3.63, 3.8) is 0 Å². The second kappa shape index (κ2) is 9.25. The first kappa shape index (κ1) is 19.0. The number of morpholine rings is 1. The molecule has 2 saturated heterocycles. The van der Waals surface area contributed by atoms with Crippen LogP contribution in [0.25, 0.3) is 0 Å². The van der Waals surface area contributed by atoms with Crippen molar-refractivity contribution in [2.75, 3.05) is 58.1 Å². The van der Waals surface area contributed by atoms with Gasteiger partial charge in [0.25, 0.3) is 5.91 Å². The lowest BCUT2D eigenvalue weighted by molar-refractivity contribution is -0.124. The van der Waals surface area contributed by atoms with Gasteiger partial charge in [-0.3, -0.25) is 14.5 Å². The van der Waals surface area contributed by atoms with Crippen LogP contribution in [0.1, 0.15) is 10.4 Å². The first-order valence-electron chi connectivity index (χ1n) is 8.79. The number of hydrogen-bond donors (Lipinski definition) is 1. The maximum Gasteiger partial charge on any atom is 0.255 e. The van der Waals surface area contributed by atoms with Crippen LogP contribution in [0.5, 0.6) is 5.75 Å².